The van der Waals surface area contributed by atoms with E-state index in [9.17, 15) is 0 Å². The first kappa shape index (κ1) is 34.8. The molecule has 0 unspecified atom stereocenters. The Morgan fingerprint density at radius 1 is 0.405 bits per heavy atom. The van der Waals surface area contributed by atoms with Crippen LogP contribution in [0.3, 0.4) is 0 Å². The molecule has 0 aliphatic heterocycles. The predicted molar refractivity (Wildman–Crippen MR) is 181 cm³/mol. The van der Waals surface area contributed by atoms with E-state index in [4.69, 9.17) is 0 Å². The maximum atomic E-state index is 4.64. The number of nitrogens with zero attached hydrogens (tertiary/aromatic N) is 2. The molecule has 6 rings (SSSR count). The van der Waals surface area contributed by atoms with Crippen LogP contribution in [-0.4, -0.2) is 9.97 Å². The molecule has 0 bridgehead atoms. The summed E-state index contributed by atoms with van der Waals surface area (Å²) in [5, 5.41) is 5.26. The molecule has 42 heavy (non-hydrogen) atoms. The fourth-order valence-corrected chi connectivity index (χ4v) is 9.80. The topological polar surface area (TPSA) is 25.8 Å². The Labute approximate surface area is 294 Å². The van der Waals surface area contributed by atoms with Gasteiger partial charge in [-0.2, -0.15) is 0 Å². The Morgan fingerprint density at radius 2 is 0.810 bits per heavy atom. The molecule has 0 amide bonds. The van der Waals surface area contributed by atoms with Crippen molar-refractivity contribution in [3.05, 3.63) is 167 Å². The van der Waals surface area contributed by atoms with Gasteiger partial charge in [-0.15, -0.1) is 0 Å². The van der Waals surface area contributed by atoms with Gasteiger partial charge < -0.3 is 0 Å². The van der Waals surface area contributed by atoms with Gasteiger partial charge in [-0.05, 0) is 71.3 Å². The van der Waals surface area contributed by atoms with E-state index in [1.54, 1.807) is 0 Å². The van der Waals surface area contributed by atoms with Crippen LogP contribution in [0.2, 0.25) is 0 Å². The Morgan fingerprint density at radius 3 is 1.21 bits per heavy atom. The molecule has 0 saturated heterocycles. The number of benzene rings is 4. The van der Waals surface area contributed by atoms with Gasteiger partial charge in [-0.1, -0.05) is 127 Å². The second-order valence-electron chi connectivity index (χ2n) is 8.63. The monoisotopic (exact) mass is 894 g/mol. The van der Waals surface area contributed by atoms with Gasteiger partial charge >= 0.3 is 0 Å². The number of rotatable bonds is 6. The van der Waals surface area contributed by atoms with Crippen LogP contribution in [0.25, 0.3) is 0 Å². The van der Waals surface area contributed by atoms with Crippen molar-refractivity contribution in [1.29, 1.82) is 0 Å². The Kier molecular flexibility index (Phi) is 15.1. The van der Waals surface area contributed by atoms with E-state index in [1.807, 2.05) is 36.7 Å². The number of hydrogen-bond donors (Lipinski definition) is 0. The summed E-state index contributed by atoms with van der Waals surface area (Å²) in [4.78, 5) is 9.20. The van der Waals surface area contributed by atoms with E-state index in [1.165, 1.54) is 21.2 Å². The smallest absolute Gasteiger partial charge is 0.0873 e. The summed E-state index contributed by atoms with van der Waals surface area (Å²) in [5.41, 5.74) is 2.23. The maximum absolute atomic E-state index is 4.64. The SMILES string of the molecule is Brc1ccnc(P(c2ccccc2)c2ccccc2)c1Br.[Pd].[Pd].c1ccc(P(c2ccccc2)c2ccccn2)cc1. The van der Waals surface area contributed by atoms with Crippen LogP contribution < -0.4 is 32.1 Å². The first-order chi connectivity index (χ1) is 19.7. The van der Waals surface area contributed by atoms with Crippen LogP contribution in [0.1, 0.15) is 0 Å². The summed E-state index contributed by atoms with van der Waals surface area (Å²) in [6, 6.07) is 50.5. The molecule has 6 aromatic rings. The van der Waals surface area contributed by atoms with Gasteiger partial charge in [0.05, 0.1) is 15.3 Å². The molecule has 0 aliphatic rings. The quantitative estimate of drug-likeness (QED) is 0.131. The van der Waals surface area contributed by atoms with E-state index in [0.717, 1.165) is 19.8 Å². The second kappa shape index (κ2) is 18.2. The molecular weight excluding hydrogens is 871 g/mol. The van der Waals surface area contributed by atoms with Crippen molar-refractivity contribution < 1.29 is 40.8 Å². The summed E-state index contributed by atoms with van der Waals surface area (Å²) >= 11 is 7.27. The van der Waals surface area contributed by atoms with Crippen molar-refractivity contribution >= 4 is 79.8 Å². The van der Waals surface area contributed by atoms with Gasteiger partial charge in [0.1, 0.15) is 0 Å². The van der Waals surface area contributed by atoms with E-state index in [0.29, 0.717) is 0 Å². The first-order valence-electron chi connectivity index (χ1n) is 12.7. The summed E-state index contributed by atoms with van der Waals surface area (Å²) in [6.07, 6.45) is 3.72. The molecule has 8 heteroatoms. The minimum Gasteiger partial charge on any atom is -0.256 e. The molecule has 0 saturated carbocycles. The minimum atomic E-state index is -0.671. The zero-order chi connectivity index (χ0) is 27.6. The molecule has 2 nitrogen and oxygen atoms in total. The van der Waals surface area contributed by atoms with Crippen LogP contribution in [0.5, 0.6) is 0 Å². The standard InChI is InChI=1S/C17H12Br2NP.C17H14NP.2Pd/c18-15-11-12-20-17(16(15)19)21(13-7-3-1-4-8-13)14-9-5-2-6-10-14;1-3-9-15(10-4-1)19(16-11-5-2-6-12-16)17-13-7-8-14-18-17;;/h1-12H;1-14H;;. The van der Waals surface area contributed by atoms with Crippen LogP contribution in [0.15, 0.2) is 167 Å². The summed E-state index contributed by atoms with van der Waals surface area (Å²) in [7, 11) is -1.23. The van der Waals surface area contributed by atoms with Gasteiger partial charge in [0, 0.05) is 73.6 Å². The largest absolute Gasteiger partial charge is 0.256 e. The van der Waals surface area contributed by atoms with Crippen molar-refractivity contribution in [3.8, 4) is 0 Å². The van der Waals surface area contributed by atoms with E-state index < -0.39 is 15.8 Å². The fraction of sp³-hybridized carbons (Fsp3) is 0. The first-order valence-corrected chi connectivity index (χ1v) is 17.0. The third-order valence-electron chi connectivity index (χ3n) is 5.97. The van der Waals surface area contributed by atoms with Crippen LogP contribution in [0.4, 0.5) is 0 Å². The van der Waals surface area contributed by atoms with Gasteiger partial charge in [-0.3, -0.25) is 9.97 Å². The second-order valence-corrected chi connectivity index (χ2v) is 14.6. The van der Waals surface area contributed by atoms with Crippen molar-refractivity contribution in [1.82, 2.24) is 9.97 Å². The van der Waals surface area contributed by atoms with Gasteiger partial charge in [-0.25, -0.2) is 0 Å². The normalized spacial score (nSPS) is 10.2. The molecule has 0 atom stereocenters. The summed E-state index contributed by atoms with van der Waals surface area (Å²) in [6.45, 7) is 0. The van der Waals surface area contributed by atoms with Crippen molar-refractivity contribution in [2.24, 2.45) is 0 Å². The van der Waals surface area contributed by atoms with E-state index in [2.05, 4.69) is 163 Å². The molecule has 2 heterocycles. The molecular formula is C34H26Br2N2P2Pd2. The average molecular weight is 897 g/mol. The average Bonchev–Trinajstić information content (AvgIpc) is 3.03. The molecule has 4 aromatic carbocycles. The van der Waals surface area contributed by atoms with Crippen LogP contribution >= 0.6 is 47.7 Å². The van der Waals surface area contributed by atoms with E-state index >= 15 is 0 Å². The predicted octanol–water partition coefficient (Wildman–Crippen LogP) is 7.20. The minimum absolute atomic E-state index is 0. The Hall–Kier alpha value is -1.68. The van der Waals surface area contributed by atoms with Crippen LogP contribution in [0, 0.1) is 0 Å². The van der Waals surface area contributed by atoms with Gasteiger partial charge in [0.15, 0.2) is 0 Å². The number of hydrogen-bond acceptors (Lipinski definition) is 2. The van der Waals surface area contributed by atoms with E-state index in [-0.39, 0.29) is 40.8 Å². The van der Waals surface area contributed by atoms with Crippen molar-refractivity contribution in [2.75, 3.05) is 0 Å². The molecule has 216 valence electrons. The number of halogens is 2. The van der Waals surface area contributed by atoms with Gasteiger partial charge in [0.25, 0.3) is 0 Å². The summed E-state index contributed by atoms with van der Waals surface area (Å²) < 4.78 is 2.07. The van der Waals surface area contributed by atoms with Crippen molar-refractivity contribution in [2.45, 2.75) is 0 Å². The summed E-state index contributed by atoms with van der Waals surface area (Å²) in [5.74, 6) is 0. The maximum Gasteiger partial charge on any atom is 0.0873 e. The molecule has 0 aliphatic carbocycles. The Bertz CT molecular complexity index is 1480. The molecule has 2 aromatic heterocycles. The third kappa shape index (κ3) is 9.17. The van der Waals surface area contributed by atoms with Crippen LogP contribution in [-0.2, 0) is 40.8 Å². The van der Waals surface area contributed by atoms with Gasteiger partial charge in [0.2, 0.25) is 0 Å². The molecule has 0 N–H and O–H groups in total. The number of pyridine rings is 2. The third-order valence-corrected chi connectivity index (χ3v) is 13.0. The van der Waals surface area contributed by atoms with Crippen molar-refractivity contribution in [3.63, 3.8) is 0 Å². The zero-order valence-electron chi connectivity index (χ0n) is 22.2. The zero-order valence-corrected chi connectivity index (χ0v) is 30.3. The molecule has 0 spiro atoms. The molecule has 0 fully saturated rings. The Balaban J connectivity index is 0.000000221. The molecule has 0 radical (unpaired) electrons. The fourth-order valence-electron chi connectivity index (χ4n) is 4.17. The number of aromatic nitrogens is 2.